The lowest BCUT2D eigenvalue weighted by atomic mass is 9.89. The van der Waals surface area contributed by atoms with Crippen LogP contribution in [0.15, 0.2) is 103 Å². The van der Waals surface area contributed by atoms with Crippen LogP contribution in [0, 0.1) is 41.4 Å². The highest BCUT2D eigenvalue weighted by Crippen LogP contribution is 2.32. The molecular weight excluding hydrogens is 1460 g/mol. The Bertz CT molecular complexity index is 3930. The van der Waals surface area contributed by atoms with E-state index in [4.69, 9.17) is 23.7 Å². The molecule has 11 N–H and O–H groups in total. The van der Waals surface area contributed by atoms with E-state index in [2.05, 4.69) is 43.7 Å². The van der Waals surface area contributed by atoms with Crippen molar-refractivity contribution in [1.29, 1.82) is 0 Å². The average Bonchev–Trinajstić information content (AvgIpc) is 1.78. The SMILES string of the molecule is CC[C@H](C)[C@@H]([C@@H](CC(=O)N1CCC[C@H]1[C@H](OC)[C@@H](C)C(=O)N[C@H](C)[C@@H](O)c1ccccc1)OC)N(C)C(=O)[C@@H](NC(=O)[C@H](C(C)C)N(C)C(=O)OCc1ccc(NC(=O)[C@H](CO[C@@H]2O[C@H](CO)[C@@H](O)[C@H](O)[C@H]2O)NC(=O)[C@@H](NC(=O)CCNC(=O)CCC(=O)N2Cc3ccccc3C#Cc3ccccc32)C(C)C)cc1)C(C)C. The minimum atomic E-state index is -1.87. The van der Waals surface area contributed by atoms with E-state index in [1.165, 1.54) is 50.4 Å². The maximum absolute atomic E-state index is 14.9. The number of fused-ring (bicyclic) bond motifs is 2. The van der Waals surface area contributed by atoms with Gasteiger partial charge in [-0.05, 0) is 90.5 Å². The monoisotopic (exact) mass is 1570 g/mol. The molecule has 10 amide bonds. The first-order valence-electron chi connectivity index (χ1n) is 38.8. The number of likely N-dealkylation sites (tertiary alicyclic amines) is 1. The van der Waals surface area contributed by atoms with Gasteiger partial charge in [0.15, 0.2) is 6.29 Å². The Morgan fingerprint density at radius 2 is 1.30 bits per heavy atom. The number of aliphatic hydroxyl groups excluding tert-OH is 5. The highest BCUT2D eigenvalue weighted by atomic mass is 16.7. The third-order valence-corrected chi connectivity index (χ3v) is 21.3. The van der Waals surface area contributed by atoms with Crippen molar-refractivity contribution >= 4 is 70.6 Å². The predicted molar refractivity (Wildman–Crippen MR) is 419 cm³/mol. The van der Waals surface area contributed by atoms with Crippen molar-refractivity contribution in [2.75, 3.05) is 64.8 Å². The zero-order chi connectivity index (χ0) is 83.1. The summed E-state index contributed by atoms with van der Waals surface area (Å²) in [6.07, 6.45) is -10.8. The summed E-state index contributed by atoms with van der Waals surface area (Å²) < 4.78 is 29.0. The van der Waals surface area contributed by atoms with Gasteiger partial charge in [-0.2, -0.15) is 0 Å². The van der Waals surface area contributed by atoms with E-state index in [9.17, 15) is 73.5 Å². The number of likely N-dealkylation sites (N-methyl/N-ethyl adjacent to an activating group) is 2. The molecular formula is C83H116N10O20. The van der Waals surface area contributed by atoms with Gasteiger partial charge in [0.05, 0.1) is 74.2 Å². The van der Waals surface area contributed by atoms with E-state index in [-0.39, 0.29) is 74.7 Å². The third-order valence-electron chi connectivity index (χ3n) is 21.3. The van der Waals surface area contributed by atoms with Crippen LogP contribution in [0.3, 0.4) is 0 Å². The number of hydrogen-bond donors (Lipinski definition) is 11. The maximum atomic E-state index is 14.9. The van der Waals surface area contributed by atoms with E-state index in [1.807, 2.05) is 68.4 Å². The minimum Gasteiger partial charge on any atom is -0.445 e. The van der Waals surface area contributed by atoms with Gasteiger partial charge in [0.1, 0.15) is 55.2 Å². The molecule has 30 heteroatoms. The van der Waals surface area contributed by atoms with Crippen molar-refractivity contribution in [1.82, 2.24) is 41.3 Å². The Morgan fingerprint density at radius 3 is 1.94 bits per heavy atom. The molecule has 3 aliphatic heterocycles. The number of carbonyl (C=O) groups excluding carboxylic acids is 10. The normalized spacial score (nSPS) is 20.2. The summed E-state index contributed by atoms with van der Waals surface area (Å²) in [6, 6.07) is 22.9. The first kappa shape index (κ1) is 90.8. The first-order chi connectivity index (χ1) is 53.7. The quantitative estimate of drug-likeness (QED) is 0.0280. The van der Waals surface area contributed by atoms with Gasteiger partial charge in [-0.1, -0.05) is 153 Å². The number of methoxy groups -OCH3 is 2. The third kappa shape index (κ3) is 24.3. The predicted octanol–water partition coefficient (Wildman–Crippen LogP) is 4.19. The minimum absolute atomic E-state index is 0.117. The fraction of sp³-hybridized carbons (Fsp3) is 0.566. The van der Waals surface area contributed by atoms with Gasteiger partial charge < -0.3 is 95.8 Å². The van der Waals surface area contributed by atoms with E-state index in [1.54, 1.807) is 96.5 Å². The molecule has 3 heterocycles. The van der Waals surface area contributed by atoms with Gasteiger partial charge in [-0.15, -0.1) is 0 Å². The summed E-state index contributed by atoms with van der Waals surface area (Å²) in [7, 11) is 6.00. The topological polar surface area (TPSA) is 403 Å². The van der Waals surface area contributed by atoms with Crippen molar-refractivity contribution < 1.29 is 97.2 Å². The molecule has 30 nitrogen and oxygen atoms in total. The number of para-hydroxylation sites is 1. The fourth-order valence-corrected chi connectivity index (χ4v) is 14.4. The Balaban J connectivity index is 0.939. The molecule has 0 spiro atoms. The van der Waals surface area contributed by atoms with Gasteiger partial charge in [-0.3, -0.25) is 48.1 Å². The number of anilines is 2. The lowest BCUT2D eigenvalue weighted by Crippen LogP contribution is -2.60. The fourth-order valence-electron chi connectivity index (χ4n) is 14.4. The molecule has 0 bridgehead atoms. The molecule has 113 heavy (non-hydrogen) atoms. The summed E-state index contributed by atoms with van der Waals surface area (Å²) in [5.41, 5.74) is 4.17. The summed E-state index contributed by atoms with van der Waals surface area (Å²) in [4.78, 5) is 146. The first-order valence-corrected chi connectivity index (χ1v) is 38.8. The maximum Gasteiger partial charge on any atom is 0.410 e. The Kier molecular flexibility index (Phi) is 34.7. The molecule has 4 aromatic rings. The highest BCUT2D eigenvalue weighted by Gasteiger charge is 2.47. The molecule has 0 saturated carbocycles. The molecule has 0 unspecified atom stereocenters. The second-order valence-corrected chi connectivity index (χ2v) is 30.4. The summed E-state index contributed by atoms with van der Waals surface area (Å²) in [5.74, 6) is -1.01. The van der Waals surface area contributed by atoms with E-state index in [0.29, 0.717) is 48.2 Å². The molecule has 2 fully saturated rings. The molecule has 0 radical (unpaired) electrons. The molecule has 4 aromatic carbocycles. The molecule has 3 aliphatic rings. The zero-order valence-electron chi connectivity index (χ0n) is 67.2. The van der Waals surface area contributed by atoms with Crippen molar-refractivity contribution in [3.05, 3.63) is 131 Å². The number of aliphatic hydroxyl groups is 5. The van der Waals surface area contributed by atoms with Crippen LogP contribution in [0.25, 0.3) is 0 Å². The van der Waals surface area contributed by atoms with Crippen molar-refractivity contribution in [2.45, 2.75) is 219 Å². The van der Waals surface area contributed by atoms with Gasteiger partial charge in [0.25, 0.3) is 0 Å². The number of amides is 10. The Hall–Kier alpha value is -9.42. The van der Waals surface area contributed by atoms with Crippen molar-refractivity contribution in [3.63, 3.8) is 0 Å². The molecule has 0 aromatic heterocycles. The molecule has 0 aliphatic carbocycles. The van der Waals surface area contributed by atoms with Crippen LogP contribution < -0.4 is 36.8 Å². The van der Waals surface area contributed by atoms with Crippen molar-refractivity contribution in [3.8, 4) is 11.8 Å². The van der Waals surface area contributed by atoms with E-state index >= 15 is 0 Å². The smallest absolute Gasteiger partial charge is 0.410 e. The Labute approximate surface area is 662 Å². The number of nitrogens with one attached hydrogen (secondary N) is 6. The lowest BCUT2D eigenvalue weighted by molar-refractivity contribution is -0.301. The van der Waals surface area contributed by atoms with Crippen LogP contribution >= 0.6 is 0 Å². The largest absolute Gasteiger partial charge is 0.445 e. The van der Waals surface area contributed by atoms with Crippen LogP contribution in [0.2, 0.25) is 0 Å². The standard InChI is InChI=1S/C83H116N10O20/c1-15-50(8)71(62(109-13)42-67(98)92-41-23-30-61(92)76(110-14)51(9)77(103)85-52(10)72(99)56-26-17-16-18-27-56)90(11)81(107)69(48(4)5)89-80(106)70(49(6)7)91(12)83(108)112-45-53-31-35-58(36-32-53)86-78(104)59(46-111-82-75(102)74(101)73(100)63(44-94)113-82)87-79(105)68(47(2)3)88-65(96)39-40-84-64(95)37-38-66(97)93-43-57-28-20-19-24-54(57)33-34-55-25-21-22-29-60(55)93/h16-22,24-29,31-32,35-36,47-52,59,61-63,68-76,82,94,99-102H,15,23,30,37-46H2,1-14H3,(H,84,95)(H,85,103)(H,86,104)(H,87,105)(H,88,96)(H,89,106)/t50-,51+,52+,59-,61-,62+,63+,68-,69-,70-,71-,72+,73+,74-,75+,76+,82+/m0/s1. The number of rotatable bonds is 38. The highest BCUT2D eigenvalue weighted by molar-refractivity contribution is 5.99. The molecule has 17 atom stereocenters. The number of hydrogen-bond acceptors (Lipinski definition) is 20. The lowest BCUT2D eigenvalue weighted by Gasteiger charge is -2.41. The van der Waals surface area contributed by atoms with E-state index < -0.39 is 170 Å². The van der Waals surface area contributed by atoms with Gasteiger partial charge in [0, 0.05) is 77.5 Å². The molecule has 2 saturated heterocycles. The Morgan fingerprint density at radius 1 is 0.655 bits per heavy atom. The summed E-state index contributed by atoms with van der Waals surface area (Å²) >= 11 is 0. The summed E-state index contributed by atoms with van der Waals surface area (Å²) in [6.45, 7) is 16.3. The number of benzene rings is 4. The van der Waals surface area contributed by atoms with Crippen LogP contribution in [0.5, 0.6) is 0 Å². The van der Waals surface area contributed by atoms with Gasteiger partial charge in [-0.25, -0.2) is 4.79 Å². The van der Waals surface area contributed by atoms with Crippen LogP contribution in [0.4, 0.5) is 16.2 Å². The van der Waals surface area contributed by atoms with Crippen LogP contribution in [-0.2, 0) is 80.0 Å². The zero-order valence-corrected chi connectivity index (χ0v) is 67.2. The number of ether oxygens (including phenoxy) is 5. The van der Waals surface area contributed by atoms with Gasteiger partial charge >= 0.3 is 6.09 Å². The second-order valence-electron chi connectivity index (χ2n) is 30.4. The van der Waals surface area contributed by atoms with Crippen molar-refractivity contribution in [2.24, 2.45) is 29.6 Å². The summed E-state index contributed by atoms with van der Waals surface area (Å²) in [5, 5.41) is 69.0. The van der Waals surface area contributed by atoms with E-state index in [0.717, 1.165) is 16.0 Å². The molecule has 618 valence electrons. The van der Waals surface area contributed by atoms with Crippen LogP contribution in [-0.4, -0.2) is 239 Å². The van der Waals surface area contributed by atoms with Crippen LogP contribution in [0.1, 0.15) is 148 Å². The number of carbonyl (C=O) groups is 10. The van der Waals surface area contributed by atoms with Gasteiger partial charge in [0.2, 0.25) is 53.2 Å². The average molecular weight is 1570 g/mol. The molecule has 7 rings (SSSR count). The second kappa shape index (κ2) is 43.2. The number of nitrogens with zero attached hydrogens (tertiary/aromatic N) is 4.